The van der Waals surface area contributed by atoms with Crippen LogP contribution in [0.1, 0.15) is 31.7 Å². The predicted molar refractivity (Wildman–Crippen MR) is 81.6 cm³/mol. The first-order chi connectivity index (χ1) is 9.09. The SMILES string of the molecule is CC(C)[C@H]1CSC2=N[C@H](c3cccs3)[C@@H](C)C(=O)N21. The second-order valence-electron chi connectivity index (χ2n) is 5.49. The molecule has 1 aromatic rings. The Morgan fingerprint density at radius 1 is 1.47 bits per heavy atom. The Balaban J connectivity index is 1.96. The molecule has 3 rings (SSSR count). The van der Waals surface area contributed by atoms with Crippen molar-refractivity contribution < 1.29 is 4.79 Å². The molecule has 0 aromatic carbocycles. The third kappa shape index (κ3) is 2.13. The summed E-state index contributed by atoms with van der Waals surface area (Å²) in [7, 11) is 0. The van der Waals surface area contributed by atoms with Crippen LogP contribution < -0.4 is 0 Å². The summed E-state index contributed by atoms with van der Waals surface area (Å²) in [6, 6.07) is 4.43. The molecule has 1 aromatic heterocycles. The molecule has 5 heteroatoms. The average molecular weight is 294 g/mol. The van der Waals surface area contributed by atoms with Crippen LogP contribution in [0.25, 0.3) is 0 Å². The maximum absolute atomic E-state index is 12.7. The van der Waals surface area contributed by atoms with Crippen LogP contribution in [0, 0.1) is 11.8 Å². The fourth-order valence-electron chi connectivity index (χ4n) is 2.65. The molecule has 0 aliphatic carbocycles. The van der Waals surface area contributed by atoms with Crippen molar-refractivity contribution in [2.75, 3.05) is 5.75 Å². The smallest absolute Gasteiger partial charge is 0.234 e. The van der Waals surface area contributed by atoms with Crippen molar-refractivity contribution in [1.82, 2.24) is 4.90 Å². The number of amidine groups is 1. The Hall–Kier alpha value is -0.810. The number of fused-ring (bicyclic) bond motifs is 1. The van der Waals surface area contributed by atoms with Crippen LogP contribution in [0.4, 0.5) is 0 Å². The first kappa shape index (κ1) is 13.2. The van der Waals surface area contributed by atoms with Gasteiger partial charge in [-0.2, -0.15) is 0 Å². The third-order valence-corrected chi connectivity index (χ3v) is 5.89. The molecule has 0 bridgehead atoms. The number of carbonyl (C=O) groups excluding carboxylic acids is 1. The van der Waals surface area contributed by atoms with Crippen LogP contribution in [0.15, 0.2) is 22.5 Å². The lowest BCUT2D eigenvalue weighted by atomic mass is 9.95. The molecule has 0 unspecified atom stereocenters. The van der Waals surface area contributed by atoms with E-state index in [0.29, 0.717) is 12.0 Å². The van der Waals surface area contributed by atoms with Gasteiger partial charge in [0.25, 0.3) is 0 Å². The lowest BCUT2D eigenvalue weighted by molar-refractivity contribution is -0.134. The maximum atomic E-state index is 12.7. The Kier molecular flexibility index (Phi) is 3.43. The Labute approximate surface area is 122 Å². The summed E-state index contributed by atoms with van der Waals surface area (Å²) in [5, 5.41) is 2.98. The Morgan fingerprint density at radius 3 is 2.89 bits per heavy atom. The maximum Gasteiger partial charge on any atom is 0.234 e. The number of amides is 1. The fourth-order valence-corrected chi connectivity index (χ4v) is 4.92. The molecule has 3 heterocycles. The highest BCUT2D eigenvalue weighted by Crippen LogP contribution is 2.40. The molecule has 2 aliphatic heterocycles. The van der Waals surface area contributed by atoms with Gasteiger partial charge in [-0.15, -0.1) is 11.3 Å². The molecular formula is C14H18N2OS2. The molecule has 3 atom stereocenters. The van der Waals surface area contributed by atoms with E-state index < -0.39 is 0 Å². The highest BCUT2D eigenvalue weighted by Gasteiger charge is 2.44. The van der Waals surface area contributed by atoms with Crippen LogP contribution >= 0.6 is 23.1 Å². The van der Waals surface area contributed by atoms with E-state index in [-0.39, 0.29) is 17.9 Å². The van der Waals surface area contributed by atoms with Crippen molar-refractivity contribution in [1.29, 1.82) is 0 Å². The summed E-state index contributed by atoms with van der Waals surface area (Å²) in [6.07, 6.45) is 0. The van der Waals surface area contributed by atoms with E-state index >= 15 is 0 Å². The number of aliphatic imine (C=N–C) groups is 1. The van der Waals surface area contributed by atoms with Gasteiger partial charge in [0.15, 0.2) is 5.17 Å². The Bertz CT molecular complexity index is 510. The van der Waals surface area contributed by atoms with Gasteiger partial charge in [0.1, 0.15) is 0 Å². The Morgan fingerprint density at radius 2 is 2.26 bits per heavy atom. The number of nitrogens with zero attached hydrogens (tertiary/aromatic N) is 2. The number of hydrogen-bond acceptors (Lipinski definition) is 4. The summed E-state index contributed by atoms with van der Waals surface area (Å²) in [5.74, 6) is 1.65. The molecule has 2 aliphatic rings. The summed E-state index contributed by atoms with van der Waals surface area (Å²) in [6.45, 7) is 6.36. The number of rotatable bonds is 2. The molecule has 1 amide bonds. The van der Waals surface area contributed by atoms with E-state index in [1.165, 1.54) is 4.88 Å². The van der Waals surface area contributed by atoms with Gasteiger partial charge in [-0.25, -0.2) is 0 Å². The van der Waals surface area contributed by atoms with E-state index in [1.54, 1.807) is 23.1 Å². The second-order valence-corrected chi connectivity index (χ2v) is 7.46. The summed E-state index contributed by atoms with van der Waals surface area (Å²) < 4.78 is 0. The van der Waals surface area contributed by atoms with Gasteiger partial charge < -0.3 is 0 Å². The average Bonchev–Trinajstić information content (AvgIpc) is 3.01. The first-order valence-electron chi connectivity index (χ1n) is 6.66. The van der Waals surface area contributed by atoms with Crippen molar-refractivity contribution in [3.05, 3.63) is 22.4 Å². The van der Waals surface area contributed by atoms with E-state index in [4.69, 9.17) is 4.99 Å². The van der Waals surface area contributed by atoms with Gasteiger partial charge in [-0.05, 0) is 17.4 Å². The lowest BCUT2D eigenvalue weighted by Gasteiger charge is -2.35. The molecule has 102 valence electrons. The molecule has 1 saturated heterocycles. The van der Waals surface area contributed by atoms with Gasteiger partial charge in [-0.3, -0.25) is 14.7 Å². The molecule has 19 heavy (non-hydrogen) atoms. The lowest BCUT2D eigenvalue weighted by Crippen LogP contribution is -2.48. The zero-order valence-electron chi connectivity index (χ0n) is 11.4. The highest BCUT2D eigenvalue weighted by molar-refractivity contribution is 8.14. The van der Waals surface area contributed by atoms with E-state index in [1.807, 2.05) is 17.9 Å². The third-order valence-electron chi connectivity index (χ3n) is 3.88. The fraction of sp³-hybridized carbons (Fsp3) is 0.571. The summed E-state index contributed by atoms with van der Waals surface area (Å²) in [4.78, 5) is 20.7. The molecule has 0 saturated carbocycles. The van der Waals surface area contributed by atoms with E-state index in [9.17, 15) is 4.79 Å². The topological polar surface area (TPSA) is 32.7 Å². The van der Waals surface area contributed by atoms with Gasteiger partial charge in [0, 0.05) is 10.6 Å². The molecular weight excluding hydrogens is 276 g/mol. The zero-order valence-corrected chi connectivity index (χ0v) is 13.0. The van der Waals surface area contributed by atoms with Crippen LogP contribution in [0.2, 0.25) is 0 Å². The number of thioether (sulfide) groups is 1. The minimum Gasteiger partial charge on any atom is -0.287 e. The molecule has 0 radical (unpaired) electrons. The normalized spacial score (nSPS) is 30.7. The highest BCUT2D eigenvalue weighted by atomic mass is 32.2. The standard InChI is InChI=1S/C14H18N2OS2/c1-8(2)10-7-19-14-15-12(11-5-4-6-18-11)9(3)13(17)16(10)14/h4-6,8-10,12H,7H2,1-3H3/t9-,10-,12+/m1/s1. The monoisotopic (exact) mass is 294 g/mol. The first-order valence-corrected chi connectivity index (χ1v) is 8.53. The van der Waals surface area contributed by atoms with Gasteiger partial charge in [0.05, 0.1) is 18.0 Å². The minimum absolute atomic E-state index is 0.0113. The van der Waals surface area contributed by atoms with E-state index in [2.05, 4.69) is 25.3 Å². The van der Waals surface area contributed by atoms with Crippen LogP contribution in [0.5, 0.6) is 0 Å². The number of hydrogen-bond donors (Lipinski definition) is 0. The van der Waals surface area contributed by atoms with Gasteiger partial charge >= 0.3 is 0 Å². The van der Waals surface area contributed by atoms with Gasteiger partial charge in [-0.1, -0.05) is 38.6 Å². The largest absolute Gasteiger partial charge is 0.287 e. The summed E-state index contributed by atoms with van der Waals surface area (Å²) >= 11 is 3.42. The zero-order chi connectivity index (χ0) is 13.6. The van der Waals surface area contributed by atoms with Crippen LogP contribution in [-0.4, -0.2) is 27.8 Å². The second kappa shape index (κ2) is 4.94. The minimum atomic E-state index is -0.0534. The van der Waals surface area contributed by atoms with Crippen molar-refractivity contribution in [3.8, 4) is 0 Å². The molecule has 0 spiro atoms. The quantitative estimate of drug-likeness (QED) is 0.837. The van der Waals surface area contributed by atoms with Crippen molar-refractivity contribution in [2.45, 2.75) is 32.9 Å². The van der Waals surface area contributed by atoms with Crippen LogP contribution in [0.3, 0.4) is 0 Å². The van der Waals surface area contributed by atoms with Crippen LogP contribution in [-0.2, 0) is 4.79 Å². The van der Waals surface area contributed by atoms with Crippen molar-refractivity contribution >= 4 is 34.2 Å². The van der Waals surface area contributed by atoms with Gasteiger partial charge in [0.2, 0.25) is 5.91 Å². The number of thiophene rings is 1. The van der Waals surface area contributed by atoms with E-state index in [0.717, 1.165) is 10.9 Å². The molecule has 3 nitrogen and oxygen atoms in total. The molecule has 0 N–H and O–H groups in total. The molecule has 1 fully saturated rings. The number of carbonyl (C=O) groups is 1. The predicted octanol–water partition coefficient (Wildman–Crippen LogP) is 3.39. The summed E-state index contributed by atoms with van der Waals surface area (Å²) in [5.41, 5.74) is 0. The van der Waals surface area contributed by atoms with Crippen molar-refractivity contribution in [2.24, 2.45) is 16.8 Å². The van der Waals surface area contributed by atoms with Crippen molar-refractivity contribution in [3.63, 3.8) is 0 Å².